The quantitative estimate of drug-likeness (QED) is 0.854. The average Bonchev–Trinajstić information content (AvgIpc) is 3.19. The molecule has 0 saturated carbocycles. The fourth-order valence-electron chi connectivity index (χ4n) is 3.66. The van der Waals surface area contributed by atoms with Gasteiger partial charge < -0.3 is 15.8 Å². The van der Waals surface area contributed by atoms with Gasteiger partial charge in [0.1, 0.15) is 11.9 Å². The van der Waals surface area contributed by atoms with Gasteiger partial charge in [0.05, 0.1) is 24.0 Å². The monoisotopic (exact) mass is 370 g/mol. The lowest BCUT2D eigenvalue weighted by Gasteiger charge is -2.16. The molecule has 1 fully saturated rings. The van der Waals surface area contributed by atoms with Crippen molar-refractivity contribution in [3.05, 3.63) is 47.5 Å². The molecule has 0 radical (unpaired) electrons. The van der Waals surface area contributed by atoms with Gasteiger partial charge in [-0.15, -0.1) is 0 Å². The number of nitrogens with zero attached hydrogens (tertiary/aromatic N) is 2. The van der Waals surface area contributed by atoms with Crippen molar-refractivity contribution >= 4 is 17.7 Å². The average molecular weight is 370 g/mol. The van der Waals surface area contributed by atoms with E-state index in [-0.39, 0.29) is 24.3 Å². The molecule has 0 aliphatic carbocycles. The summed E-state index contributed by atoms with van der Waals surface area (Å²) < 4.78 is 20.6. The number of halogens is 1. The molecule has 1 aromatic carbocycles. The molecule has 1 aromatic heterocycles. The third kappa shape index (κ3) is 2.91. The van der Waals surface area contributed by atoms with Crippen LogP contribution in [0.25, 0.3) is 11.1 Å². The highest BCUT2D eigenvalue weighted by molar-refractivity contribution is 5.94. The first kappa shape index (κ1) is 17.4. The van der Waals surface area contributed by atoms with E-state index >= 15 is 4.39 Å². The molecule has 0 bridgehead atoms. The predicted molar refractivity (Wildman–Crippen MR) is 96.4 cm³/mol. The Morgan fingerprint density at radius 1 is 1.41 bits per heavy atom. The number of carbonyl (C=O) groups excluding carboxylic acids is 2. The lowest BCUT2D eigenvalue weighted by molar-refractivity contribution is -0.119. The lowest BCUT2D eigenvalue weighted by atomic mass is 9.99. The van der Waals surface area contributed by atoms with Gasteiger partial charge in [0.25, 0.3) is 0 Å². The standard InChI is InChI=1S/C19H19FN4O3/c1-10(25)22-9-17-16-6-14-15(24(16)19(26)27-17)5-4-13(18(14)20)11-2-3-12(7-21)23-8-11/h2-5,8,16-17H,6-7,9,21H2,1H3,(H,22,25)/t16?,17-/m0/s1. The van der Waals surface area contributed by atoms with Crippen molar-refractivity contribution in [2.45, 2.75) is 32.0 Å². The van der Waals surface area contributed by atoms with Gasteiger partial charge in [-0.1, -0.05) is 6.07 Å². The van der Waals surface area contributed by atoms with Crippen LogP contribution < -0.4 is 16.0 Å². The SMILES string of the molecule is CC(=O)NC[C@@H]1OC(=O)N2c3ccc(-c4ccc(CN)nc4)c(F)c3CC12. The number of fused-ring (bicyclic) bond motifs is 3. The van der Waals surface area contributed by atoms with E-state index in [4.69, 9.17) is 10.5 Å². The number of benzene rings is 1. The maximum absolute atomic E-state index is 15.2. The van der Waals surface area contributed by atoms with Crippen LogP contribution in [0.3, 0.4) is 0 Å². The van der Waals surface area contributed by atoms with E-state index in [9.17, 15) is 9.59 Å². The summed E-state index contributed by atoms with van der Waals surface area (Å²) in [6.45, 7) is 1.92. The second-order valence-corrected chi connectivity index (χ2v) is 6.67. The highest BCUT2D eigenvalue weighted by atomic mass is 19.1. The highest BCUT2D eigenvalue weighted by Crippen LogP contribution is 2.42. The Hall–Kier alpha value is -3.00. The number of amides is 2. The topological polar surface area (TPSA) is 97.5 Å². The summed E-state index contributed by atoms with van der Waals surface area (Å²) in [6.07, 6.45) is 0.897. The number of nitrogens with one attached hydrogen (secondary N) is 1. The van der Waals surface area contributed by atoms with Crippen molar-refractivity contribution in [2.75, 3.05) is 11.4 Å². The first-order chi connectivity index (χ1) is 13.0. The summed E-state index contributed by atoms with van der Waals surface area (Å²) in [4.78, 5) is 29.1. The Morgan fingerprint density at radius 3 is 2.89 bits per heavy atom. The number of hydrogen-bond donors (Lipinski definition) is 2. The molecule has 2 aliphatic rings. The van der Waals surface area contributed by atoms with Gasteiger partial charge in [0.15, 0.2) is 0 Å². The van der Waals surface area contributed by atoms with E-state index in [1.54, 1.807) is 30.5 Å². The van der Waals surface area contributed by atoms with Gasteiger partial charge in [-0.2, -0.15) is 0 Å². The van der Waals surface area contributed by atoms with Gasteiger partial charge in [0.2, 0.25) is 5.91 Å². The van der Waals surface area contributed by atoms with Crippen LogP contribution in [0, 0.1) is 5.82 Å². The number of ether oxygens (including phenoxy) is 1. The van der Waals surface area contributed by atoms with Crippen LogP contribution in [0.2, 0.25) is 0 Å². The molecule has 2 atom stereocenters. The molecule has 140 valence electrons. The zero-order chi connectivity index (χ0) is 19.1. The van der Waals surface area contributed by atoms with Gasteiger partial charge in [-0.3, -0.25) is 14.7 Å². The van der Waals surface area contributed by atoms with Crippen molar-refractivity contribution in [2.24, 2.45) is 5.73 Å². The van der Waals surface area contributed by atoms with Crippen LogP contribution in [0.15, 0.2) is 30.5 Å². The number of hydrogen-bond acceptors (Lipinski definition) is 5. The lowest BCUT2D eigenvalue weighted by Crippen LogP contribution is -2.40. The normalized spacial score (nSPS) is 20.3. The molecule has 8 heteroatoms. The molecule has 1 unspecified atom stereocenters. The Kier molecular flexibility index (Phi) is 4.27. The summed E-state index contributed by atoms with van der Waals surface area (Å²) in [5, 5.41) is 2.66. The number of rotatable bonds is 4. The Balaban J connectivity index is 1.65. The zero-order valence-electron chi connectivity index (χ0n) is 14.7. The minimum Gasteiger partial charge on any atom is -0.442 e. The number of carbonyl (C=O) groups is 2. The molecular formula is C19H19FN4O3. The van der Waals surface area contributed by atoms with Gasteiger partial charge >= 0.3 is 6.09 Å². The van der Waals surface area contributed by atoms with Crippen LogP contribution in [0.5, 0.6) is 0 Å². The van der Waals surface area contributed by atoms with Crippen molar-refractivity contribution in [3.63, 3.8) is 0 Å². The number of anilines is 1. The third-order valence-electron chi connectivity index (χ3n) is 5.00. The number of cyclic esters (lactones) is 1. The van der Waals surface area contributed by atoms with E-state index in [0.717, 1.165) is 5.69 Å². The number of aromatic nitrogens is 1. The Bertz CT molecular complexity index is 916. The third-order valence-corrected chi connectivity index (χ3v) is 5.00. The van der Waals surface area contributed by atoms with Gasteiger partial charge in [0, 0.05) is 42.8 Å². The smallest absolute Gasteiger partial charge is 0.415 e. The van der Waals surface area contributed by atoms with E-state index in [0.29, 0.717) is 35.3 Å². The molecular weight excluding hydrogens is 351 g/mol. The fraction of sp³-hybridized carbons (Fsp3) is 0.316. The van der Waals surface area contributed by atoms with Gasteiger partial charge in [-0.25, -0.2) is 9.18 Å². The summed E-state index contributed by atoms with van der Waals surface area (Å²) in [6, 6.07) is 6.59. The molecule has 27 heavy (non-hydrogen) atoms. The summed E-state index contributed by atoms with van der Waals surface area (Å²) >= 11 is 0. The number of nitrogens with two attached hydrogens (primary N) is 1. The van der Waals surface area contributed by atoms with Crippen molar-refractivity contribution in [1.29, 1.82) is 0 Å². The van der Waals surface area contributed by atoms with Crippen LogP contribution in [-0.2, 0) is 22.5 Å². The minimum absolute atomic E-state index is 0.204. The van der Waals surface area contributed by atoms with Crippen LogP contribution in [0.4, 0.5) is 14.9 Å². The first-order valence-electron chi connectivity index (χ1n) is 8.70. The van der Waals surface area contributed by atoms with Crippen molar-refractivity contribution in [3.8, 4) is 11.1 Å². The summed E-state index contributed by atoms with van der Waals surface area (Å²) in [7, 11) is 0. The van der Waals surface area contributed by atoms with Gasteiger partial charge in [-0.05, 0) is 18.2 Å². The predicted octanol–water partition coefficient (Wildman–Crippen LogP) is 1.73. The second kappa shape index (κ2) is 6.62. The molecule has 2 aliphatic heterocycles. The van der Waals surface area contributed by atoms with Crippen molar-refractivity contribution < 1.29 is 18.7 Å². The first-order valence-corrected chi connectivity index (χ1v) is 8.70. The van der Waals surface area contributed by atoms with E-state index in [2.05, 4.69) is 10.3 Å². The van der Waals surface area contributed by atoms with Crippen LogP contribution >= 0.6 is 0 Å². The molecule has 0 spiro atoms. The van der Waals surface area contributed by atoms with E-state index in [1.165, 1.54) is 11.8 Å². The molecule has 1 saturated heterocycles. The fourth-order valence-corrected chi connectivity index (χ4v) is 3.66. The van der Waals surface area contributed by atoms with Crippen LogP contribution in [0.1, 0.15) is 18.2 Å². The molecule has 7 nitrogen and oxygen atoms in total. The maximum Gasteiger partial charge on any atom is 0.415 e. The molecule has 3 heterocycles. The minimum atomic E-state index is -0.518. The summed E-state index contributed by atoms with van der Waals surface area (Å²) in [5.74, 6) is -0.572. The Morgan fingerprint density at radius 2 is 2.22 bits per heavy atom. The largest absolute Gasteiger partial charge is 0.442 e. The molecule has 2 aromatic rings. The van der Waals surface area contributed by atoms with E-state index < -0.39 is 12.2 Å². The summed E-state index contributed by atoms with van der Waals surface area (Å²) in [5.41, 5.74) is 8.35. The van der Waals surface area contributed by atoms with Crippen LogP contribution in [-0.4, -0.2) is 35.7 Å². The highest BCUT2D eigenvalue weighted by Gasteiger charge is 2.48. The van der Waals surface area contributed by atoms with E-state index in [1.807, 2.05) is 0 Å². The zero-order valence-corrected chi connectivity index (χ0v) is 14.7. The second-order valence-electron chi connectivity index (χ2n) is 6.67. The molecule has 2 amide bonds. The molecule has 4 rings (SSSR count). The number of pyridine rings is 1. The Labute approximate surface area is 155 Å². The van der Waals surface area contributed by atoms with Crippen molar-refractivity contribution in [1.82, 2.24) is 10.3 Å². The molecule has 3 N–H and O–H groups in total. The maximum atomic E-state index is 15.2.